The number of aromatic nitrogens is 2. The van der Waals surface area contributed by atoms with E-state index in [2.05, 4.69) is 49.5 Å². The van der Waals surface area contributed by atoms with E-state index in [-0.39, 0.29) is 0 Å². The minimum absolute atomic E-state index is 0.645. The van der Waals surface area contributed by atoms with Crippen molar-refractivity contribution in [3.8, 4) is 11.5 Å². The van der Waals surface area contributed by atoms with Crippen molar-refractivity contribution in [3.05, 3.63) is 20.2 Å². The average Bonchev–Trinajstić information content (AvgIpc) is 2.99. The lowest BCUT2D eigenvalue weighted by Gasteiger charge is -2.20. The van der Waals surface area contributed by atoms with Gasteiger partial charge in [-0.15, -0.1) is 11.3 Å². The Kier molecular flexibility index (Phi) is 3.95. The van der Waals surface area contributed by atoms with Crippen LogP contribution in [0.15, 0.2) is 16.0 Å². The van der Waals surface area contributed by atoms with Gasteiger partial charge in [0.1, 0.15) is 0 Å². The molecular formula is C12H14IN3OS. The minimum Gasteiger partial charge on any atom is -0.334 e. The van der Waals surface area contributed by atoms with Crippen LogP contribution in [0.2, 0.25) is 0 Å². The molecule has 1 N–H and O–H groups in total. The Morgan fingerprint density at radius 3 is 3.22 bits per heavy atom. The molecule has 18 heavy (non-hydrogen) atoms. The van der Waals surface area contributed by atoms with Gasteiger partial charge in [-0.2, -0.15) is 4.98 Å². The van der Waals surface area contributed by atoms with Gasteiger partial charge in [0.15, 0.2) is 5.82 Å². The molecule has 1 aliphatic heterocycles. The Labute approximate surface area is 123 Å². The van der Waals surface area contributed by atoms with Crippen LogP contribution in [0.5, 0.6) is 0 Å². The Balaban J connectivity index is 1.69. The molecule has 0 bridgehead atoms. The Hall–Kier alpha value is -0.470. The van der Waals surface area contributed by atoms with Gasteiger partial charge in [0.2, 0.25) is 0 Å². The lowest BCUT2D eigenvalue weighted by molar-refractivity contribution is 0.360. The van der Waals surface area contributed by atoms with E-state index in [1.165, 1.54) is 15.7 Å². The van der Waals surface area contributed by atoms with Crippen molar-refractivity contribution in [1.82, 2.24) is 15.5 Å². The van der Waals surface area contributed by atoms with Gasteiger partial charge in [0.25, 0.3) is 5.89 Å². The highest BCUT2D eigenvalue weighted by molar-refractivity contribution is 14.1. The summed E-state index contributed by atoms with van der Waals surface area (Å²) >= 11 is 3.99. The third-order valence-electron chi connectivity index (χ3n) is 3.15. The molecule has 2 aromatic rings. The third kappa shape index (κ3) is 2.92. The fourth-order valence-electron chi connectivity index (χ4n) is 2.23. The number of nitrogens with one attached hydrogen (secondary N) is 1. The molecule has 3 rings (SSSR count). The van der Waals surface area contributed by atoms with Crippen molar-refractivity contribution in [3.63, 3.8) is 0 Å². The topological polar surface area (TPSA) is 51.0 Å². The maximum Gasteiger partial charge on any atom is 0.258 e. The van der Waals surface area contributed by atoms with Gasteiger partial charge in [-0.3, -0.25) is 0 Å². The van der Waals surface area contributed by atoms with Crippen LogP contribution in [0.1, 0.15) is 18.7 Å². The third-order valence-corrected chi connectivity index (χ3v) is 4.94. The van der Waals surface area contributed by atoms with Gasteiger partial charge < -0.3 is 9.84 Å². The monoisotopic (exact) mass is 375 g/mol. The fraction of sp³-hybridized carbons (Fsp3) is 0.500. The van der Waals surface area contributed by atoms with Gasteiger partial charge in [0, 0.05) is 11.8 Å². The lowest BCUT2D eigenvalue weighted by Crippen LogP contribution is -2.31. The molecule has 0 aromatic carbocycles. The summed E-state index contributed by atoms with van der Waals surface area (Å²) in [6.07, 6.45) is 3.42. The molecule has 6 heteroatoms. The molecule has 1 aliphatic rings. The number of thiophene rings is 1. The first kappa shape index (κ1) is 12.6. The lowest BCUT2D eigenvalue weighted by atomic mass is 9.96. The zero-order valence-corrected chi connectivity index (χ0v) is 12.8. The van der Waals surface area contributed by atoms with Crippen molar-refractivity contribution in [2.45, 2.75) is 19.3 Å². The second-order valence-corrected chi connectivity index (χ2v) is 7.38. The van der Waals surface area contributed by atoms with Crippen molar-refractivity contribution >= 4 is 33.9 Å². The molecule has 1 unspecified atom stereocenters. The Morgan fingerprint density at radius 2 is 2.50 bits per heavy atom. The van der Waals surface area contributed by atoms with Gasteiger partial charge in [0.05, 0.1) is 8.45 Å². The number of rotatable bonds is 3. The van der Waals surface area contributed by atoms with E-state index < -0.39 is 0 Å². The van der Waals surface area contributed by atoms with Crippen molar-refractivity contribution in [2.24, 2.45) is 5.92 Å². The molecule has 1 fully saturated rings. The molecule has 0 aliphatic carbocycles. The van der Waals surface area contributed by atoms with Crippen LogP contribution in [0.3, 0.4) is 0 Å². The molecule has 96 valence electrons. The second kappa shape index (κ2) is 5.66. The molecule has 0 radical (unpaired) electrons. The first-order chi connectivity index (χ1) is 8.81. The number of hydrogen-bond donors (Lipinski definition) is 1. The molecule has 0 spiro atoms. The summed E-state index contributed by atoms with van der Waals surface area (Å²) in [5.41, 5.74) is 1.03. The first-order valence-electron chi connectivity index (χ1n) is 6.09. The Morgan fingerprint density at radius 1 is 1.56 bits per heavy atom. The average molecular weight is 375 g/mol. The molecule has 4 nitrogen and oxygen atoms in total. The summed E-state index contributed by atoms with van der Waals surface area (Å²) in [7, 11) is 0. The van der Waals surface area contributed by atoms with Crippen LogP contribution in [-0.4, -0.2) is 23.2 Å². The SMILES string of the molecule is Ic1cc(-c2nc(CC3CCCNC3)no2)cs1. The normalized spacial score (nSPS) is 20.2. The molecular weight excluding hydrogens is 361 g/mol. The maximum absolute atomic E-state index is 5.33. The number of halogens is 1. The van der Waals surface area contributed by atoms with Crippen LogP contribution >= 0.6 is 33.9 Å². The summed E-state index contributed by atoms with van der Waals surface area (Å²) in [6.45, 7) is 2.21. The van der Waals surface area contributed by atoms with Crippen LogP contribution in [0.25, 0.3) is 11.5 Å². The predicted molar refractivity (Wildman–Crippen MR) is 79.6 cm³/mol. The molecule has 2 aromatic heterocycles. The first-order valence-corrected chi connectivity index (χ1v) is 8.05. The molecule has 0 amide bonds. The minimum atomic E-state index is 0.645. The summed E-state index contributed by atoms with van der Waals surface area (Å²) in [6, 6.07) is 2.07. The van der Waals surface area contributed by atoms with Crippen molar-refractivity contribution < 1.29 is 4.52 Å². The van der Waals surface area contributed by atoms with Gasteiger partial charge >= 0.3 is 0 Å². The largest absolute Gasteiger partial charge is 0.334 e. The molecule has 1 saturated heterocycles. The zero-order valence-electron chi connectivity index (χ0n) is 9.86. The van der Waals surface area contributed by atoms with Crippen LogP contribution in [0.4, 0.5) is 0 Å². The van der Waals surface area contributed by atoms with E-state index in [4.69, 9.17) is 4.52 Å². The number of piperidine rings is 1. The summed E-state index contributed by atoms with van der Waals surface area (Å²) < 4.78 is 6.56. The highest BCUT2D eigenvalue weighted by Gasteiger charge is 2.17. The molecule has 3 heterocycles. The maximum atomic E-state index is 5.33. The van der Waals surface area contributed by atoms with Gasteiger partial charge in [-0.05, 0) is 60.5 Å². The highest BCUT2D eigenvalue weighted by atomic mass is 127. The van der Waals surface area contributed by atoms with Crippen LogP contribution in [0, 0.1) is 8.80 Å². The summed E-state index contributed by atoms with van der Waals surface area (Å²) in [5, 5.41) is 9.55. The van der Waals surface area contributed by atoms with Crippen LogP contribution < -0.4 is 5.32 Å². The van der Waals surface area contributed by atoms with E-state index in [1.807, 2.05) is 0 Å². The van der Waals surface area contributed by atoms with Crippen molar-refractivity contribution in [1.29, 1.82) is 0 Å². The highest BCUT2D eigenvalue weighted by Crippen LogP contribution is 2.25. The smallest absolute Gasteiger partial charge is 0.258 e. The van der Waals surface area contributed by atoms with Crippen LogP contribution in [-0.2, 0) is 6.42 Å². The van der Waals surface area contributed by atoms with Gasteiger partial charge in [-0.1, -0.05) is 5.16 Å². The Bertz CT molecular complexity index is 519. The second-order valence-electron chi connectivity index (χ2n) is 4.57. The number of hydrogen-bond acceptors (Lipinski definition) is 5. The standard InChI is InChI=1S/C12H14IN3OS/c13-10-5-9(7-18-10)12-15-11(16-17-12)4-8-2-1-3-14-6-8/h5,7-8,14H,1-4,6H2. The van der Waals surface area contributed by atoms with Gasteiger partial charge in [-0.25, -0.2) is 0 Å². The van der Waals surface area contributed by atoms with E-state index in [1.54, 1.807) is 11.3 Å². The fourth-order valence-corrected chi connectivity index (χ4v) is 3.55. The van der Waals surface area contributed by atoms with E-state index >= 15 is 0 Å². The van der Waals surface area contributed by atoms with Crippen molar-refractivity contribution in [2.75, 3.05) is 13.1 Å². The molecule has 0 saturated carbocycles. The molecule has 1 atom stereocenters. The predicted octanol–water partition coefficient (Wildman–Crippen LogP) is 2.94. The van der Waals surface area contributed by atoms with E-state index in [9.17, 15) is 0 Å². The quantitative estimate of drug-likeness (QED) is 0.839. The van der Waals surface area contributed by atoms with E-state index in [0.717, 1.165) is 30.9 Å². The summed E-state index contributed by atoms with van der Waals surface area (Å²) in [5.74, 6) is 2.12. The summed E-state index contributed by atoms with van der Waals surface area (Å²) in [4.78, 5) is 4.49. The zero-order chi connectivity index (χ0) is 12.4. The van der Waals surface area contributed by atoms with E-state index in [0.29, 0.717) is 11.8 Å². The number of nitrogens with zero attached hydrogens (tertiary/aromatic N) is 2.